The van der Waals surface area contributed by atoms with E-state index in [-0.39, 0.29) is 26.5 Å². The molecule has 0 atom stereocenters. The van der Waals surface area contributed by atoms with Crippen molar-refractivity contribution in [3.63, 3.8) is 0 Å². The first kappa shape index (κ1) is 36.3. The number of benzene rings is 4. The molecule has 7 rings (SSSR count). The Hall–Kier alpha value is -4.47. The third-order valence-corrected chi connectivity index (χ3v) is 10.3. The molecule has 7 aromatic rings. The molecule has 3 heterocycles. The van der Waals surface area contributed by atoms with Crippen LogP contribution in [0.25, 0.3) is 44.4 Å². The zero-order valence-electron chi connectivity index (χ0n) is 31.3. The Bertz CT molecular complexity index is 2380. The maximum Gasteiger partial charge on any atom is 2.00 e. The van der Waals surface area contributed by atoms with E-state index in [4.69, 9.17) is 14.8 Å². The van der Waals surface area contributed by atoms with Crippen molar-refractivity contribution in [1.82, 2.24) is 19.3 Å². The molecule has 3 aromatic heterocycles. The van der Waals surface area contributed by atoms with Gasteiger partial charge in [0.25, 0.3) is 0 Å². The average molecular weight is 854 g/mol. The van der Waals surface area contributed by atoms with Gasteiger partial charge in [-0.25, -0.2) is 4.98 Å². The Morgan fingerprint density at radius 2 is 1.49 bits per heavy atom. The van der Waals surface area contributed by atoms with Gasteiger partial charge in [0.1, 0.15) is 5.82 Å². The third kappa shape index (κ3) is 6.81. The monoisotopic (exact) mass is 853 g/mol. The molecule has 0 unspecified atom stereocenters. The first-order valence-corrected chi connectivity index (χ1v) is 17.6. The predicted molar refractivity (Wildman–Crippen MR) is 206 cm³/mol. The molecule has 0 spiro atoms. The minimum atomic E-state index is -0.122. The molecule has 5 nitrogen and oxygen atoms in total. The molecular formula is C45H46N4OPt. The van der Waals surface area contributed by atoms with Crippen molar-refractivity contribution in [1.29, 1.82) is 0 Å². The van der Waals surface area contributed by atoms with Gasteiger partial charge in [-0.2, -0.15) is 11.2 Å². The molecule has 6 heteroatoms. The van der Waals surface area contributed by atoms with Crippen LogP contribution in [0.1, 0.15) is 73.6 Å². The number of ether oxygens (including phenoxy) is 1. The molecule has 0 saturated heterocycles. The minimum Gasteiger partial charge on any atom is -0.509 e. The summed E-state index contributed by atoms with van der Waals surface area (Å²) in [5.74, 6) is 2.67. The largest absolute Gasteiger partial charge is 2.00 e. The maximum absolute atomic E-state index is 6.64. The molecule has 0 aliphatic carbocycles. The van der Waals surface area contributed by atoms with Crippen molar-refractivity contribution >= 4 is 21.8 Å². The van der Waals surface area contributed by atoms with Crippen LogP contribution in [0.3, 0.4) is 0 Å². The van der Waals surface area contributed by atoms with Gasteiger partial charge in [0.05, 0.1) is 6.20 Å². The van der Waals surface area contributed by atoms with E-state index in [9.17, 15) is 0 Å². The summed E-state index contributed by atoms with van der Waals surface area (Å²) in [4.78, 5) is 4.82. The fraction of sp³-hybridized carbons (Fsp3) is 0.289. The van der Waals surface area contributed by atoms with Crippen LogP contribution >= 0.6 is 0 Å². The fourth-order valence-corrected chi connectivity index (χ4v) is 7.13. The zero-order chi connectivity index (χ0) is 35.5. The maximum atomic E-state index is 6.64. The Balaban J connectivity index is 0.00000448. The molecule has 0 bridgehead atoms. The molecular weight excluding hydrogens is 808 g/mol. The molecule has 0 fully saturated rings. The molecule has 0 aliphatic rings. The molecule has 0 radical (unpaired) electrons. The van der Waals surface area contributed by atoms with Crippen molar-refractivity contribution in [2.24, 2.45) is 5.92 Å². The van der Waals surface area contributed by atoms with Crippen LogP contribution < -0.4 is 4.74 Å². The number of pyridine rings is 1. The fourth-order valence-electron chi connectivity index (χ4n) is 7.13. The van der Waals surface area contributed by atoms with E-state index in [0.29, 0.717) is 17.4 Å². The van der Waals surface area contributed by atoms with E-state index in [1.54, 1.807) is 0 Å². The van der Waals surface area contributed by atoms with Crippen LogP contribution in [0.2, 0.25) is 0 Å². The molecule has 51 heavy (non-hydrogen) atoms. The van der Waals surface area contributed by atoms with E-state index >= 15 is 0 Å². The van der Waals surface area contributed by atoms with Gasteiger partial charge in [0, 0.05) is 35.0 Å². The number of fused-ring (bicyclic) bond motifs is 3. The average Bonchev–Trinajstić information content (AvgIpc) is 3.69. The first-order valence-electron chi connectivity index (χ1n) is 17.6. The smallest absolute Gasteiger partial charge is 0.509 e. The molecule has 0 aliphatic heterocycles. The Kier molecular flexibility index (Phi) is 9.91. The van der Waals surface area contributed by atoms with Crippen molar-refractivity contribution in [2.45, 2.75) is 81.1 Å². The van der Waals surface area contributed by atoms with Crippen molar-refractivity contribution in [2.75, 3.05) is 0 Å². The minimum absolute atomic E-state index is 0. The number of aromatic nitrogens is 4. The van der Waals surface area contributed by atoms with Gasteiger partial charge >= 0.3 is 21.1 Å². The van der Waals surface area contributed by atoms with E-state index in [1.165, 1.54) is 38.9 Å². The van der Waals surface area contributed by atoms with Crippen LogP contribution in [0, 0.1) is 52.7 Å². The molecule has 4 aromatic carbocycles. The third-order valence-electron chi connectivity index (χ3n) is 10.3. The number of hydrogen-bond donors (Lipinski definition) is 0. The summed E-state index contributed by atoms with van der Waals surface area (Å²) in [6.07, 6.45) is 6.98. The summed E-state index contributed by atoms with van der Waals surface area (Å²) in [5.41, 5.74) is 14.1. The first-order chi connectivity index (χ1) is 23.8. The Morgan fingerprint density at radius 3 is 2.20 bits per heavy atom. The van der Waals surface area contributed by atoms with Gasteiger partial charge in [-0.1, -0.05) is 58.3 Å². The van der Waals surface area contributed by atoms with E-state index < -0.39 is 0 Å². The second-order valence-electron chi connectivity index (χ2n) is 15.2. The van der Waals surface area contributed by atoms with Crippen LogP contribution in [0.5, 0.6) is 11.5 Å². The normalized spacial score (nSPS) is 11.8. The SMILES string of the molecule is Cc1c(C)c(C)c(-c2cnn(-c3[c-]c(Oc4[c-]c5c(cc4)c4ccccc4n5-c4cc(CC(C)C)ccn4)cc(C(C)(C)C)c3)c2)c(C)c1C.[Pt+2]. The predicted octanol–water partition coefficient (Wildman–Crippen LogP) is 11.5. The van der Waals surface area contributed by atoms with Crippen LogP contribution in [0.15, 0.2) is 79.3 Å². The van der Waals surface area contributed by atoms with Gasteiger partial charge in [-0.05, 0) is 121 Å². The van der Waals surface area contributed by atoms with Crippen molar-refractivity contribution < 1.29 is 25.8 Å². The topological polar surface area (TPSA) is 44.9 Å². The molecule has 0 amide bonds. The van der Waals surface area contributed by atoms with Gasteiger partial charge in [0.15, 0.2) is 0 Å². The summed E-state index contributed by atoms with van der Waals surface area (Å²) in [7, 11) is 0. The van der Waals surface area contributed by atoms with Crippen molar-refractivity contribution in [3.8, 4) is 34.1 Å². The summed E-state index contributed by atoms with van der Waals surface area (Å²) in [6, 6.07) is 28.3. The van der Waals surface area contributed by atoms with Crippen molar-refractivity contribution in [3.05, 3.63) is 130 Å². The number of nitrogens with zero attached hydrogens (tertiary/aromatic N) is 4. The van der Waals surface area contributed by atoms with Gasteiger partial charge in [0.2, 0.25) is 0 Å². The Morgan fingerprint density at radius 1 is 0.784 bits per heavy atom. The second kappa shape index (κ2) is 13.9. The zero-order valence-corrected chi connectivity index (χ0v) is 33.6. The van der Waals surface area contributed by atoms with Gasteiger partial charge in [-0.15, -0.1) is 41.3 Å². The Labute approximate surface area is 317 Å². The standard InChI is InChI=1S/C45H46N4O.Pt/c1-27(2)19-33-17-18-46-43(20-33)49-41-14-12-11-13-39(41)40-16-15-37(24-42(40)49)50-38-22-35(45(8,9)10)21-36(23-38)48-26-34(25-47-48)44-31(6)29(4)28(3)30(5)32(44)7;/h11-18,20-22,25-27H,19H2,1-10H3;/q-2;+2. The number of hydrogen-bond acceptors (Lipinski definition) is 3. The number of rotatable bonds is 7. The van der Waals surface area contributed by atoms with Crippen LogP contribution in [-0.4, -0.2) is 19.3 Å². The number of para-hydroxylation sites is 1. The summed E-state index contributed by atoms with van der Waals surface area (Å²) >= 11 is 0. The van der Waals surface area contributed by atoms with Gasteiger partial charge in [-0.3, -0.25) is 4.68 Å². The van der Waals surface area contributed by atoms with E-state index in [1.807, 2.05) is 23.1 Å². The van der Waals surface area contributed by atoms with Crippen LogP contribution in [-0.2, 0) is 32.9 Å². The van der Waals surface area contributed by atoms with Crippen LogP contribution in [0.4, 0.5) is 0 Å². The molecule has 0 saturated carbocycles. The molecule has 262 valence electrons. The van der Waals surface area contributed by atoms with E-state index in [2.05, 4.69) is 147 Å². The quantitative estimate of drug-likeness (QED) is 0.150. The van der Waals surface area contributed by atoms with E-state index in [0.717, 1.165) is 50.9 Å². The summed E-state index contributed by atoms with van der Waals surface area (Å²) in [5, 5.41) is 7.11. The second-order valence-corrected chi connectivity index (χ2v) is 15.2. The van der Waals surface area contributed by atoms with Gasteiger partial charge < -0.3 is 9.30 Å². The summed E-state index contributed by atoms with van der Waals surface area (Å²) < 4.78 is 10.8. The molecule has 0 N–H and O–H groups in total. The summed E-state index contributed by atoms with van der Waals surface area (Å²) in [6.45, 7) is 22.2.